The summed E-state index contributed by atoms with van der Waals surface area (Å²) < 4.78 is 38.1. The molecule has 0 spiro atoms. The van der Waals surface area contributed by atoms with E-state index in [-0.39, 0.29) is 12.3 Å². The lowest BCUT2D eigenvalue weighted by Crippen LogP contribution is -2.46. The van der Waals surface area contributed by atoms with E-state index in [9.17, 15) is 13.6 Å². The molecule has 4 nitrogen and oxygen atoms in total. The van der Waals surface area contributed by atoms with Crippen LogP contribution in [0, 0.1) is 11.6 Å². The third-order valence-electron chi connectivity index (χ3n) is 3.01. The molecule has 0 bridgehead atoms. The minimum Gasteiger partial charge on any atom is -0.499 e. The smallest absolute Gasteiger partial charge is 0.415 e. The molecule has 1 aromatic rings. The van der Waals surface area contributed by atoms with Crippen LogP contribution in [0.5, 0.6) is 0 Å². The summed E-state index contributed by atoms with van der Waals surface area (Å²) in [4.78, 5) is 13.6. The lowest BCUT2D eigenvalue weighted by atomic mass is 10.1. The first-order chi connectivity index (χ1) is 10.3. The molecule has 2 rings (SSSR count). The van der Waals surface area contributed by atoms with Gasteiger partial charge in [0.2, 0.25) is 0 Å². The lowest BCUT2D eigenvalue weighted by Gasteiger charge is -2.34. The van der Waals surface area contributed by atoms with Crippen LogP contribution >= 0.6 is 0 Å². The van der Waals surface area contributed by atoms with Crippen LogP contribution in [0.4, 0.5) is 19.3 Å². The molecular formula is C16H19F2NO3. The van der Waals surface area contributed by atoms with Crippen molar-refractivity contribution >= 4 is 11.8 Å². The third-order valence-corrected chi connectivity index (χ3v) is 3.01. The average molecular weight is 311 g/mol. The Bertz CT molecular complexity index is 581. The van der Waals surface area contributed by atoms with Gasteiger partial charge >= 0.3 is 6.09 Å². The van der Waals surface area contributed by atoms with Crippen LogP contribution in [-0.4, -0.2) is 24.3 Å². The third kappa shape index (κ3) is 3.96. The largest absolute Gasteiger partial charge is 0.499 e. The number of halogens is 2. The standard InChI is InChI=1S/C16H19F2NO3/c1-16(2,3)22-15(20)19(12-5-4-8-21-10-12)14-9-11(17)6-7-13(14)18/h4,6-9,12H,5,10H2,1-3H3/t12-/m0/s1. The number of carbonyl (C=O) groups excluding carboxylic acids is 1. The zero-order valence-corrected chi connectivity index (χ0v) is 12.8. The number of rotatable bonds is 2. The van der Waals surface area contributed by atoms with Crippen LogP contribution in [0.1, 0.15) is 27.2 Å². The molecule has 6 heteroatoms. The molecule has 1 aliphatic heterocycles. The van der Waals surface area contributed by atoms with Gasteiger partial charge in [-0.2, -0.15) is 0 Å². The molecule has 0 N–H and O–H groups in total. The van der Waals surface area contributed by atoms with Crippen molar-refractivity contribution in [3.8, 4) is 0 Å². The summed E-state index contributed by atoms with van der Waals surface area (Å²) >= 11 is 0. The minimum atomic E-state index is -0.746. The highest BCUT2D eigenvalue weighted by Gasteiger charge is 2.32. The van der Waals surface area contributed by atoms with Crippen molar-refractivity contribution in [2.45, 2.75) is 38.8 Å². The van der Waals surface area contributed by atoms with E-state index in [1.807, 2.05) is 0 Å². The number of hydrogen-bond donors (Lipinski definition) is 0. The Hall–Kier alpha value is -2.11. The maximum atomic E-state index is 14.1. The predicted octanol–water partition coefficient (Wildman–Crippen LogP) is 4.01. The fourth-order valence-electron chi connectivity index (χ4n) is 2.12. The molecule has 0 aromatic heterocycles. The minimum absolute atomic E-state index is 0.154. The number of benzene rings is 1. The second kappa shape index (κ2) is 6.34. The van der Waals surface area contributed by atoms with Gasteiger partial charge in [0.25, 0.3) is 0 Å². The highest BCUT2D eigenvalue weighted by atomic mass is 19.1. The molecule has 0 unspecified atom stereocenters. The van der Waals surface area contributed by atoms with Crippen molar-refractivity contribution in [3.05, 3.63) is 42.2 Å². The Morgan fingerprint density at radius 3 is 2.68 bits per heavy atom. The lowest BCUT2D eigenvalue weighted by molar-refractivity contribution is 0.0542. The molecule has 22 heavy (non-hydrogen) atoms. The monoisotopic (exact) mass is 311 g/mol. The second-order valence-electron chi connectivity index (χ2n) is 6.04. The van der Waals surface area contributed by atoms with E-state index in [1.54, 1.807) is 26.8 Å². The molecule has 0 saturated carbocycles. The fourth-order valence-corrected chi connectivity index (χ4v) is 2.12. The number of hydrogen-bond acceptors (Lipinski definition) is 3. The highest BCUT2D eigenvalue weighted by Crippen LogP contribution is 2.27. The molecule has 0 aliphatic carbocycles. The van der Waals surface area contributed by atoms with Crippen LogP contribution in [0.3, 0.4) is 0 Å². The number of nitrogens with zero attached hydrogens (tertiary/aromatic N) is 1. The molecule has 1 aliphatic rings. The van der Waals surface area contributed by atoms with Crippen molar-refractivity contribution in [1.82, 2.24) is 0 Å². The Kier molecular flexibility index (Phi) is 4.68. The van der Waals surface area contributed by atoms with E-state index in [0.29, 0.717) is 6.42 Å². The maximum absolute atomic E-state index is 14.1. The maximum Gasteiger partial charge on any atom is 0.415 e. The summed E-state index contributed by atoms with van der Waals surface area (Å²) in [6.07, 6.45) is 2.98. The SMILES string of the molecule is CC(C)(C)OC(=O)N(c1cc(F)ccc1F)[C@H]1CC=COC1. The van der Waals surface area contributed by atoms with Gasteiger partial charge in [-0.05, 0) is 45.4 Å². The molecule has 1 heterocycles. The summed E-state index contributed by atoms with van der Waals surface area (Å²) in [6.45, 7) is 5.32. The first-order valence-corrected chi connectivity index (χ1v) is 7.02. The van der Waals surface area contributed by atoms with Gasteiger partial charge in [0, 0.05) is 6.07 Å². The van der Waals surface area contributed by atoms with E-state index in [0.717, 1.165) is 23.1 Å². The summed E-state index contributed by atoms with van der Waals surface area (Å²) in [5.74, 6) is -1.32. The van der Waals surface area contributed by atoms with Crippen molar-refractivity contribution in [2.24, 2.45) is 0 Å². The van der Waals surface area contributed by atoms with E-state index in [2.05, 4.69) is 0 Å². The van der Waals surface area contributed by atoms with Gasteiger partial charge in [-0.1, -0.05) is 0 Å². The van der Waals surface area contributed by atoms with Gasteiger partial charge in [0.05, 0.1) is 18.0 Å². The van der Waals surface area contributed by atoms with Gasteiger partial charge in [0.15, 0.2) is 0 Å². The van der Waals surface area contributed by atoms with E-state index in [1.165, 1.54) is 6.26 Å². The van der Waals surface area contributed by atoms with Gasteiger partial charge in [-0.15, -0.1) is 0 Å². The summed E-state index contributed by atoms with van der Waals surface area (Å²) in [6, 6.07) is 2.51. The zero-order valence-electron chi connectivity index (χ0n) is 12.8. The summed E-state index contributed by atoms with van der Waals surface area (Å²) in [5, 5.41) is 0. The first kappa shape index (κ1) is 16.3. The van der Waals surface area contributed by atoms with E-state index >= 15 is 0 Å². The molecular weight excluding hydrogens is 292 g/mol. The van der Waals surface area contributed by atoms with Crippen LogP contribution in [0.25, 0.3) is 0 Å². The Morgan fingerprint density at radius 2 is 2.09 bits per heavy atom. The van der Waals surface area contributed by atoms with Crippen molar-refractivity contribution in [3.63, 3.8) is 0 Å². The molecule has 0 radical (unpaired) electrons. The van der Waals surface area contributed by atoms with E-state index < -0.39 is 29.4 Å². The Labute approximate surface area is 128 Å². The number of carbonyl (C=O) groups is 1. The van der Waals surface area contributed by atoms with Gasteiger partial charge in [-0.25, -0.2) is 13.6 Å². The number of anilines is 1. The topological polar surface area (TPSA) is 38.8 Å². The highest BCUT2D eigenvalue weighted by molar-refractivity contribution is 5.88. The molecule has 0 fully saturated rings. The second-order valence-corrected chi connectivity index (χ2v) is 6.04. The number of amides is 1. The molecule has 1 aromatic carbocycles. The quantitative estimate of drug-likeness (QED) is 0.828. The first-order valence-electron chi connectivity index (χ1n) is 7.02. The van der Waals surface area contributed by atoms with Crippen molar-refractivity contribution in [2.75, 3.05) is 11.5 Å². The molecule has 1 amide bonds. The number of ether oxygens (including phenoxy) is 2. The fraction of sp³-hybridized carbons (Fsp3) is 0.438. The zero-order chi connectivity index (χ0) is 16.3. The van der Waals surface area contributed by atoms with Crippen LogP contribution in [-0.2, 0) is 9.47 Å². The van der Waals surface area contributed by atoms with Crippen molar-refractivity contribution in [1.29, 1.82) is 0 Å². The van der Waals surface area contributed by atoms with Crippen molar-refractivity contribution < 1.29 is 23.0 Å². The molecule has 120 valence electrons. The van der Waals surface area contributed by atoms with E-state index in [4.69, 9.17) is 9.47 Å². The average Bonchev–Trinajstić information content (AvgIpc) is 2.42. The van der Waals surface area contributed by atoms with Gasteiger partial charge in [0.1, 0.15) is 23.8 Å². The van der Waals surface area contributed by atoms with Gasteiger partial charge in [-0.3, -0.25) is 4.90 Å². The summed E-state index contributed by atoms with van der Waals surface area (Å²) in [5.41, 5.74) is -0.900. The van der Waals surface area contributed by atoms with Gasteiger partial charge < -0.3 is 9.47 Å². The molecule has 0 saturated heterocycles. The Morgan fingerprint density at radius 1 is 1.36 bits per heavy atom. The summed E-state index contributed by atoms with van der Waals surface area (Å²) in [7, 11) is 0. The Balaban J connectivity index is 2.38. The van der Waals surface area contributed by atoms with Crippen LogP contribution in [0.15, 0.2) is 30.5 Å². The van der Waals surface area contributed by atoms with Crippen LogP contribution in [0.2, 0.25) is 0 Å². The normalized spacial score (nSPS) is 17.8. The molecule has 1 atom stereocenters. The van der Waals surface area contributed by atoms with Crippen LogP contribution < -0.4 is 4.90 Å². The predicted molar refractivity (Wildman–Crippen MR) is 78.6 cm³/mol.